The molecule has 1 fully saturated rings. The molecule has 80 valence electrons. The first-order valence-corrected chi connectivity index (χ1v) is 5.81. The monoisotopic (exact) mass is 203 g/mol. The molecule has 1 aromatic rings. The Kier molecular flexibility index (Phi) is 1.99. The van der Waals surface area contributed by atoms with Crippen LogP contribution in [-0.4, -0.2) is 5.11 Å². The smallest absolute Gasteiger partial charge is 0.123 e. The summed E-state index contributed by atoms with van der Waals surface area (Å²) < 4.78 is 0. The van der Waals surface area contributed by atoms with Gasteiger partial charge in [0, 0.05) is 18.7 Å². The molecule has 0 radical (unpaired) electrons. The third kappa shape index (κ3) is 1.44. The summed E-state index contributed by atoms with van der Waals surface area (Å²) >= 11 is 0. The summed E-state index contributed by atoms with van der Waals surface area (Å²) in [4.78, 5) is 0. The molecule has 15 heavy (non-hydrogen) atoms. The second-order valence-electron chi connectivity index (χ2n) is 4.87. The highest BCUT2D eigenvalue weighted by Gasteiger charge is 2.31. The SMILES string of the molecule is CC(c1ccc2c(c1O)CNC2)C1CC1. The second kappa shape index (κ2) is 3.24. The standard InChI is InChI=1S/C13H17NO/c1-8(9-2-3-9)11-5-4-10-6-14-7-12(10)13(11)15/h4-5,8-9,14-15H,2-3,6-7H2,1H3. The van der Waals surface area contributed by atoms with Crippen molar-refractivity contribution >= 4 is 0 Å². The van der Waals surface area contributed by atoms with Gasteiger partial charge in [0.05, 0.1) is 0 Å². The van der Waals surface area contributed by atoms with Crippen molar-refractivity contribution in [2.24, 2.45) is 5.92 Å². The summed E-state index contributed by atoms with van der Waals surface area (Å²) in [7, 11) is 0. The van der Waals surface area contributed by atoms with Gasteiger partial charge in [0.2, 0.25) is 0 Å². The van der Waals surface area contributed by atoms with E-state index < -0.39 is 0 Å². The summed E-state index contributed by atoms with van der Waals surface area (Å²) in [6, 6.07) is 4.29. The Morgan fingerprint density at radius 2 is 2.13 bits per heavy atom. The van der Waals surface area contributed by atoms with E-state index in [9.17, 15) is 5.11 Å². The van der Waals surface area contributed by atoms with Crippen molar-refractivity contribution < 1.29 is 5.11 Å². The highest BCUT2D eigenvalue weighted by atomic mass is 16.3. The Balaban J connectivity index is 2.01. The lowest BCUT2D eigenvalue weighted by Crippen LogP contribution is -2.00. The molecule has 0 amide bonds. The number of nitrogens with one attached hydrogen (secondary N) is 1. The predicted octanol–water partition coefficient (Wildman–Crippen LogP) is 2.51. The third-order valence-corrected chi connectivity index (χ3v) is 3.85. The maximum Gasteiger partial charge on any atom is 0.123 e. The lowest BCUT2D eigenvalue weighted by atomic mass is 9.92. The van der Waals surface area contributed by atoms with E-state index in [0.29, 0.717) is 11.7 Å². The maximum atomic E-state index is 10.2. The molecule has 1 aliphatic carbocycles. The first kappa shape index (κ1) is 9.22. The summed E-state index contributed by atoms with van der Waals surface area (Å²) in [6.45, 7) is 3.97. The quantitative estimate of drug-likeness (QED) is 0.774. The minimum Gasteiger partial charge on any atom is -0.507 e. The molecule has 2 nitrogen and oxygen atoms in total. The van der Waals surface area contributed by atoms with Crippen LogP contribution in [0.2, 0.25) is 0 Å². The van der Waals surface area contributed by atoms with E-state index in [-0.39, 0.29) is 0 Å². The number of hydrogen-bond acceptors (Lipinski definition) is 2. The first-order valence-electron chi connectivity index (χ1n) is 5.81. The molecule has 0 spiro atoms. The van der Waals surface area contributed by atoms with Crippen molar-refractivity contribution in [3.63, 3.8) is 0 Å². The fourth-order valence-electron chi connectivity index (χ4n) is 2.60. The van der Waals surface area contributed by atoms with Crippen LogP contribution in [-0.2, 0) is 13.1 Å². The van der Waals surface area contributed by atoms with E-state index in [2.05, 4.69) is 24.4 Å². The molecule has 1 unspecified atom stereocenters. The normalized spacial score (nSPS) is 21.4. The van der Waals surface area contributed by atoms with Gasteiger partial charge in [0.15, 0.2) is 0 Å². The van der Waals surface area contributed by atoms with Crippen LogP contribution in [0.1, 0.15) is 42.4 Å². The average molecular weight is 203 g/mol. The van der Waals surface area contributed by atoms with Gasteiger partial charge >= 0.3 is 0 Å². The molecule has 1 aliphatic heterocycles. The minimum atomic E-state index is 0.524. The molecule has 1 atom stereocenters. The fraction of sp³-hybridized carbons (Fsp3) is 0.538. The molecule has 3 rings (SSSR count). The van der Waals surface area contributed by atoms with Crippen molar-refractivity contribution in [2.45, 2.75) is 38.8 Å². The molecule has 1 saturated carbocycles. The Labute approximate surface area is 90.3 Å². The summed E-state index contributed by atoms with van der Waals surface area (Å²) in [6.07, 6.45) is 2.66. The summed E-state index contributed by atoms with van der Waals surface area (Å²) in [5.74, 6) is 1.89. The zero-order valence-corrected chi connectivity index (χ0v) is 9.09. The third-order valence-electron chi connectivity index (χ3n) is 3.85. The number of rotatable bonds is 2. The molecular weight excluding hydrogens is 186 g/mol. The molecular formula is C13H17NO. The van der Waals surface area contributed by atoms with Gasteiger partial charge in [-0.25, -0.2) is 0 Å². The molecule has 1 heterocycles. The van der Waals surface area contributed by atoms with Crippen LogP contribution in [0.15, 0.2) is 12.1 Å². The topological polar surface area (TPSA) is 32.3 Å². The van der Waals surface area contributed by atoms with Crippen LogP contribution >= 0.6 is 0 Å². The van der Waals surface area contributed by atoms with E-state index in [0.717, 1.165) is 30.1 Å². The van der Waals surface area contributed by atoms with E-state index in [1.807, 2.05) is 0 Å². The molecule has 0 aromatic heterocycles. The maximum absolute atomic E-state index is 10.2. The number of phenolic OH excluding ortho intramolecular Hbond substituents is 1. The Morgan fingerprint density at radius 3 is 2.87 bits per heavy atom. The number of phenols is 1. The van der Waals surface area contributed by atoms with Gasteiger partial charge in [-0.3, -0.25) is 0 Å². The Morgan fingerprint density at radius 1 is 1.33 bits per heavy atom. The van der Waals surface area contributed by atoms with E-state index in [1.165, 1.54) is 18.4 Å². The van der Waals surface area contributed by atoms with E-state index in [4.69, 9.17) is 0 Å². The van der Waals surface area contributed by atoms with E-state index >= 15 is 0 Å². The highest BCUT2D eigenvalue weighted by molar-refractivity contribution is 5.49. The zero-order valence-electron chi connectivity index (χ0n) is 9.09. The second-order valence-corrected chi connectivity index (χ2v) is 4.87. The van der Waals surface area contributed by atoms with Crippen molar-refractivity contribution in [3.8, 4) is 5.75 Å². The van der Waals surface area contributed by atoms with Crippen molar-refractivity contribution in [2.75, 3.05) is 0 Å². The van der Waals surface area contributed by atoms with Crippen LogP contribution in [0.5, 0.6) is 5.75 Å². The van der Waals surface area contributed by atoms with Crippen molar-refractivity contribution in [1.82, 2.24) is 5.32 Å². The van der Waals surface area contributed by atoms with Crippen LogP contribution in [0.25, 0.3) is 0 Å². The average Bonchev–Trinajstić information content (AvgIpc) is 2.97. The van der Waals surface area contributed by atoms with Crippen molar-refractivity contribution in [3.05, 3.63) is 28.8 Å². The molecule has 0 saturated heterocycles. The number of hydrogen-bond donors (Lipinski definition) is 2. The molecule has 2 N–H and O–H groups in total. The molecule has 2 heteroatoms. The largest absolute Gasteiger partial charge is 0.507 e. The molecule has 2 aliphatic rings. The van der Waals surface area contributed by atoms with Gasteiger partial charge in [-0.15, -0.1) is 0 Å². The fourth-order valence-corrected chi connectivity index (χ4v) is 2.60. The van der Waals surface area contributed by atoms with Crippen LogP contribution in [0.4, 0.5) is 0 Å². The zero-order chi connectivity index (χ0) is 10.4. The van der Waals surface area contributed by atoms with Crippen molar-refractivity contribution in [1.29, 1.82) is 0 Å². The van der Waals surface area contributed by atoms with Crippen LogP contribution in [0.3, 0.4) is 0 Å². The summed E-state index contributed by atoms with van der Waals surface area (Å²) in [5, 5.41) is 13.5. The number of benzene rings is 1. The Bertz CT molecular complexity index is 396. The van der Waals surface area contributed by atoms with E-state index in [1.54, 1.807) is 0 Å². The van der Waals surface area contributed by atoms with Gasteiger partial charge in [0.1, 0.15) is 5.75 Å². The lowest BCUT2D eigenvalue weighted by Gasteiger charge is -2.14. The molecule has 1 aromatic carbocycles. The van der Waals surface area contributed by atoms with Gasteiger partial charge in [-0.05, 0) is 35.8 Å². The van der Waals surface area contributed by atoms with Crippen LogP contribution < -0.4 is 5.32 Å². The number of aromatic hydroxyl groups is 1. The number of fused-ring (bicyclic) bond motifs is 1. The van der Waals surface area contributed by atoms with Gasteiger partial charge in [-0.2, -0.15) is 0 Å². The predicted molar refractivity (Wildman–Crippen MR) is 59.8 cm³/mol. The Hall–Kier alpha value is -1.02. The van der Waals surface area contributed by atoms with Crippen LogP contribution in [0, 0.1) is 5.92 Å². The first-order chi connectivity index (χ1) is 7.27. The minimum absolute atomic E-state index is 0.524. The molecule has 0 bridgehead atoms. The lowest BCUT2D eigenvalue weighted by molar-refractivity contribution is 0.452. The highest BCUT2D eigenvalue weighted by Crippen LogP contribution is 2.46. The van der Waals surface area contributed by atoms with Gasteiger partial charge in [0.25, 0.3) is 0 Å². The summed E-state index contributed by atoms with van der Waals surface area (Å²) in [5.41, 5.74) is 3.54. The van der Waals surface area contributed by atoms with Gasteiger partial charge in [-0.1, -0.05) is 19.1 Å². The van der Waals surface area contributed by atoms with Gasteiger partial charge < -0.3 is 10.4 Å².